The second-order valence-corrected chi connectivity index (χ2v) is 2.08. The van der Waals surface area contributed by atoms with E-state index in [9.17, 15) is 0 Å². The summed E-state index contributed by atoms with van der Waals surface area (Å²) in [6, 6.07) is 0. The molecular formula is C3H7Cl2NS. The van der Waals surface area contributed by atoms with Gasteiger partial charge in [0.1, 0.15) is 14.1 Å². The molecule has 0 saturated heterocycles. The maximum absolute atomic E-state index is 5.22. The fourth-order valence-corrected chi connectivity index (χ4v) is 0.717. The predicted molar refractivity (Wildman–Crippen MR) is 31.6 cm³/mol. The average molecular weight is 160 g/mol. The molecule has 0 rings (SSSR count). The molecule has 0 aromatic carbocycles. The van der Waals surface area contributed by atoms with E-state index in [1.165, 1.54) is 11.0 Å². The Balaban J connectivity index is 0. The smallest absolute Gasteiger partial charge is 0.213 e. The van der Waals surface area contributed by atoms with E-state index in [-0.39, 0.29) is 12.4 Å². The van der Waals surface area contributed by atoms with E-state index in [1.807, 2.05) is 24.2 Å². The fraction of sp³-hybridized carbons (Fsp3) is 0.667. The minimum atomic E-state index is 0. The molecule has 0 bridgehead atoms. The van der Waals surface area contributed by atoms with Crippen molar-refractivity contribution >= 4 is 27.2 Å². The molecular weight excluding hydrogens is 153 g/mol. The molecule has 0 amide bonds. The second kappa shape index (κ2) is 6.60. The zero-order chi connectivity index (χ0) is 4.99. The Hall–Kier alpha value is 0.600. The molecule has 0 saturated carbocycles. The molecule has 7 heavy (non-hydrogen) atoms. The molecule has 0 spiro atoms. The van der Waals surface area contributed by atoms with Crippen molar-refractivity contribution < 1.29 is 17.0 Å². The zero-order valence-corrected chi connectivity index (χ0v) is 6.52. The van der Waals surface area contributed by atoms with Gasteiger partial charge in [-0.1, -0.05) is 0 Å². The summed E-state index contributed by atoms with van der Waals surface area (Å²) in [4.78, 5) is 0. The molecule has 0 heterocycles. The lowest BCUT2D eigenvalue weighted by molar-refractivity contribution is -0.456. The van der Waals surface area contributed by atoms with E-state index in [4.69, 9.17) is 10.7 Å². The van der Waals surface area contributed by atoms with Gasteiger partial charge in [0.05, 0.1) is 0 Å². The molecule has 0 radical (unpaired) electrons. The topological polar surface area (TPSA) is 3.01 Å². The number of hydrogen-bond donors (Lipinski definition) is 0. The zero-order valence-electron chi connectivity index (χ0n) is 4.19. The van der Waals surface area contributed by atoms with Crippen molar-refractivity contribution in [3.63, 3.8) is 0 Å². The molecule has 0 aromatic rings. The van der Waals surface area contributed by atoms with Crippen molar-refractivity contribution in [3.05, 3.63) is 0 Å². The average Bonchev–Trinajstić information content (AvgIpc) is 1.35. The lowest BCUT2D eigenvalue weighted by atomic mass is 11.1. The van der Waals surface area contributed by atoms with Crippen molar-refractivity contribution in [1.29, 1.82) is 0 Å². The molecule has 44 valence electrons. The molecule has 0 N–H and O–H groups in total. The predicted octanol–water partition coefficient (Wildman–Crippen LogP) is -1.82. The van der Waals surface area contributed by atoms with Crippen molar-refractivity contribution in [2.75, 3.05) is 14.1 Å². The molecule has 1 nitrogen and oxygen atoms in total. The van der Waals surface area contributed by atoms with E-state index < -0.39 is 0 Å². The number of rotatable bonds is 1. The Kier molecular flexibility index (Phi) is 9.95. The Morgan fingerprint density at radius 1 is 1.57 bits per heavy atom. The normalized spacial score (nSPS) is 6.71. The van der Waals surface area contributed by atoms with Crippen LogP contribution in [0.1, 0.15) is 0 Å². The van der Waals surface area contributed by atoms with E-state index in [2.05, 4.69) is 0 Å². The molecule has 0 unspecified atom stereocenters. The van der Waals surface area contributed by atoms with Crippen LogP contribution in [0, 0.1) is 0 Å². The van der Waals surface area contributed by atoms with Gasteiger partial charge < -0.3 is 12.4 Å². The number of hydrogen-bond acceptors (Lipinski definition) is 1. The fourth-order valence-electron chi connectivity index (χ4n) is 0.0797. The standard InChI is InChI=1S/C3H7ClNS.ClH/c1-5(2)3-6-4;/h3H,1-2H3;1H/q+1;/p-1. The molecule has 4 heteroatoms. The number of halogens is 2. The van der Waals surface area contributed by atoms with Gasteiger partial charge in [-0.25, -0.2) is 4.58 Å². The summed E-state index contributed by atoms with van der Waals surface area (Å²) in [5.41, 5.74) is 1.81. The monoisotopic (exact) mass is 159 g/mol. The highest BCUT2D eigenvalue weighted by Gasteiger charge is 1.75. The minimum Gasteiger partial charge on any atom is -1.00 e. The Labute approximate surface area is 58.7 Å². The Morgan fingerprint density at radius 3 is 2.00 bits per heavy atom. The van der Waals surface area contributed by atoms with Crippen LogP contribution in [0.2, 0.25) is 0 Å². The lowest BCUT2D eigenvalue weighted by Crippen LogP contribution is -3.00. The lowest BCUT2D eigenvalue weighted by Gasteiger charge is -1.74. The maximum Gasteiger partial charge on any atom is 0.213 e. The van der Waals surface area contributed by atoms with Gasteiger partial charge >= 0.3 is 0 Å². The third kappa shape index (κ3) is 10.8. The maximum atomic E-state index is 5.22. The first-order valence-electron chi connectivity index (χ1n) is 1.54. The van der Waals surface area contributed by atoms with Crippen LogP contribution in [0.25, 0.3) is 0 Å². The third-order valence-corrected chi connectivity index (χ3v) is 0.991. The van der Waals surface area contributed by atoms with Crippen LogP contribution >= 0.6 is 21.7 Å². The van der Waals surface area contributed by atoms with Crippen molar-refractivity contribution in [3.8, 4) is 0 Å². The number of nitrogens with zero attached hydrogens (tertiary/aromatic N) is 1. The van der Waals surface area contributed by atoms with Crippen LogP contribution in [-0.4, -0.2) is 24.2 Å². The molecule has 0 aliphatic rings. The van der Waals surface area contributed by atoms with Gasteiger partial charge in [0, 0.05) is 11.0 Å². The summed E-state index contributed by atoms with van der Waals surface area (Å²) in [5.74, 6) is 0. The Bertz CT molecular complexity index is 60.0. The minimum absolute atomic E-state index is 0. The summed E-state index contributed by atoms with van der Waals surface area (Å²) < 4.78 is 1.89. The van der Waals surface area contributed by atoms with Gasteiger partial charge in [-0.05, 0) is 10.7 Å². The highest BCUT2D eigenvalue weighted by atomic mass is 35.7. The van der Waals surface area contributed by atoms with Gasteiger partial charge in [0.25, 0.3) is 0 Å². The van der Waals surface area contributed by atoms with Gasteiger partial charge in [-0.15, -0.1) is 0 Å². The van der Waals surface area contributed by atoms with Gasteiger partial charge in [0.15, 0.2) is 0 Å². The van der Waals surface area contributed by atoms with E-state index >= 15 is 0 Å². The first-order chi connectivity index (χ1) is 2.77. The summed E-state index contributed by atoms with van der Waals surface area (Å²) in [5, 5.41) is 0. The van der Waals surface area contributed by atoms with E-state index in [1.54, 1.807) is 0 Å². The largest absolute Gasteiger partial charge is 1.00 e. The van der Waals surface area contributed by atoms with Crippen LogP contribution in [-0.2, 0) is 0 Å². The van der Waals surface area contributed by atoms with Crippen molar-refractivity contribution in [1.82, 2.24) is 0 Å². The molecule has 0 aliphatic carbocycles. The SMILES string of the molecule is C[N+](C)=CSCl.[Cl-]. The summed E-state index contributed by atoms with van der Waals surface area (Å²) in [6.45, 7) is 0. The first kappa shape index (κ1) is 10.6. The van der Waals surface area contributed by atoms with Crippen LogP contribution in [0.4, 0.5) is 0 Å². The van der Waals surface area contributed by atoms with Crippen LogP contribution in [0.5, 0.6) is 0 Å². The van der Waals surface area contributed by atoms with Crippen molar-refractivity contribution in [2.24, 2.45) is 0 Å². The second-order valence-electron chi connectivity index (χ2n) is 1.16. The molecule has 0 aromatic heterocycles. The Morgan fingerprint density at radius 2 is 2.00 bits per heavy atom. The van der Waals surface area contributed by atoms with Crippen LogP contribution in [0.15, 0.2) is 0 Å². The molecule has 0 fully saturated rings. The van der Waals surface area contributed by atoms with Gasteiger partial charge in [0.2, 0.25) is 5.55 Å². The van der Waals surface area contributed by atoms with Gasteiger partial charge in [-0.2, -0.15) is 0 Å². The van der Waals surface area contributed by atoms with E-state index in [0.29, 0.717) is 0 Å². The molecule has 0 aliphatic heterocycles. The van der Waals surface area contributed by atoms with Gasteiger partial charge in [-0.3, -0.25) is 0 Å². The van der Waals surface area contributed by atoms with Crippen molar-refractivity contribution in [2.45, 2.75) is 0 Å². The highest BCUT2D eigenvalue weighted by Crippen LogP contribution is 1.97. The summed E-state index contributed by atoms with van der Waals surface area (Å²) >= 11 is 0. The highest BCUT2D eigenvalue weighted by molar-refractivity contribution is 8.31. The van der Waals surface area contributed by atoms with E-state index in [0.717, 1.165) is 0 Å². The third-order valence-electron chi connectivity index (χ3n) is 0.251. The first-order valence-corrected chi connectivity index (χ1v) is 3.25. The quantitative estimate of drug-likeness (QED) is 0.248. The summed E-state index contributed by atoms with van der Waals surface area (Å²) in [6.07, 6.45) is 0. The van der Waals surface area contributed by atoms with Crippen LogP contribution < -0.4 is 12.4 Å². The molecule has 0 atom stereocenters. The van der Waals surface area contributed by atoms with Crippen LogP contribution in [0.3, 0.4) is 0 Å². The summed E-state index contributed by atoms with van der Waals surface area (Å²) in [7, 11) is 10.3.